The summed E-state index contributed by atoms with van der Waals surface area (Å²) in [5.41, 5.74) is 4.05. The van der Waals surface area contributed by atoms with Gasteiger partial charge in [-0.1, -0.05) is 37.3 Å². The first kappa shape index (κ1) is 12.5. The number of aromatic nitrogens is 1. The van der Waals surface area contributed by atoms with Gasteiger partial charge in [-0.25, -0.2) is 0 Å². The highest BCUT2D eigenvalue weighted by atomic mass is 15.0. The summed E-state index contributed by atoms with van der Waals surface area (Å²) in [5, 5.41) is 4.95. The smallest absolute Gasteiger partial charge is 0.0528 e. The molecule has 0 unspecified atom stereocenters. The van der Waals surface area contributed by atoms with Gasteiger partial charge in [0.25, 0.3) is 0 Å². The van der Waals surface area contributed by atoms with Gasteiger partial charge in [0.1, 0.15) is 0 Å². The van der Waals surface area contributed by atoms with Crippen LogP contribution >= 0.6 is 0 Å². The van der Waals surface area contributed by atoms with Crippen molar-refractivity contribution < 1.29 is 0 Å². The molecule has 0 saturated heterocycles. The SMILES string of the molecule is C=C(CC)Cn1ccc2cccc(CNC3CC3)c21. The Kier molecular flexibility index (Phi) is 3.43. The van der Waals surface area contributed by atoms with Crippen LogP contribution in [0.5, 0.6) is 0 Å². The molecule has 0 aliphatic heterocycles. The summed E-state index contributed by atoms with van der Waals surface area (Å²) in [6.45, 7) is 8.21. The molecule has 0 atom stereocenters. The van der Waals surface area contributed by atoms with Gasteiger partial charge in [0.05, 0.1) is 5.52 Å². The van der Waals surface area contributed by atoms with E-state index in [4.69, 9.17) is 0 Å². The molecule has 1 aromatic carbocycles. The highest BCUT2D eigenvalue weighted by molar-refractivity contribution is 5.83. The second-order valence-electron chi connectivity index (χ2n) is 5.56. The normalized spacial score (nSPS) is 15.0. The molecule has 1 N–H and O–H groups in total. The molecule has 1 aliphatic carbocycles. The van der Waals surface area contributed by atoms with Gasteiger partial charge in [0.15, 0.2) is 0 Å². The molecule has 2 aromatic rings. The first-order valence-electron chi connectivity index (χ1n) is 7.24. The number of para-hydroxylation sites is 1. The summed E-state index contributed by atoms with van der Waals surface area (Å²) < 4.78 is 2.34. The molecule has 1 heterocycles. The third-order valence-electron chi connectivity index (χ3n) is 3.92. The maximum absolute atomic E-state index is 4.13. The average molecular weight is 254 g/mol. The van der Waals surface area contributed by atoms with E-state index in [0.717, 1.165) is 25.6 Å². The van der Waals surface area contributed by atoms with Crippen molar-refractivity contribution in [1.29, 1.82) is 0 Å². The van der Waals surface area contributed by atoms with Crippen LogP contribution in [0, 0.1) is 0 Å². The molecule has 1 fully saturated rings. The number of hydrogen-bond donors (Lipinski definition) is 1. The largest absolute Gasteiger partial charge is 0.343 e. The number of nitrogens with zero attached hydrogens (tertiary/aromatic N) is 1. The molecule has 0 radical (unpaired) electrons. The Morgan fingerprint density at radius 3 is 2.95 bits per heavy atom. The number of hydrogen-bond acceptors (Lipinski definition) is 1. The summed E-state index contributed by atoms with van der Waals surface area (Å²) in [4.78, 5) is 0. The van der Waals surface area contributed by atoms with E-state index in [1.54, 1.807) is 0 Å². The van der Waals surface area contributed by atoms with Crippen LogP contribution in [0.3, 0.4) is 0 Å². The number of rotatable bonds is 6. The summed E-state index contributed by atoms with van der Waals surface area (Å²) in [6.07, 6.45) is 5.90. The van der Waals surface area contributed by atoms with Crippen LogP contribution < -0.4 is 5.32 Å². The van der Waals surface area contributed by atoms with Crippen molar-refractivity contribution in [3.05, 3.63) is 48.2 Å². The predicted octanol–water partition coefficient (Wildman–Crippen LogP) is 3.86. The molecule has 1 aliphatic rings. The maximum Gasteiger partial charge on any atom is 0.0528 e. The van der Waals surface area contributed by atoms with Gasteiger partial charge in [-0.15, -0.1) is 0 Å². The molecule has 3 rings (SSSR count). The molecule has 100 valence electrons. The van der Waals surface area contributed by atoms with Gasteiger partial charge < -0.3 is 9.88 Å². The quantitative estimate of drug-likeness (QED) is 0.775. The zero-order chi connectivity index (χ0) is 13.2. The molecule has 0 amide bonds. The third kappa shape index (κ3) is 2.74. The average Bonchev–Trinajstić information content (AvgIpc) is 3.17. The van der Waals surface area contributed by atoms with E-state index in [1.165, 1.54) is 34.9 Å². The van der Waals surface area contributed by atoms with E-state index in [9.17, 15) is 0 Å². The highest BCUT2D eigenvalue weighted by Crippen LogP contribution is 2.24. The van der Waals surface area contributed by atoms with E-state index >= 15 is 0 Å². The van der Waals surface area contributed by atoms with Crippen molar-refractivity contribution in [1.82, 2.24) is 9.88 Å². The topological polar surface area (TPSA) is 17.0 Å². The zero-order valence-corrected chi connectivity index (χ0v) is 11.7. The first-order chi connectivity index (χ1) is 9.28. The van der Waals surface area contributed by atoms with Gasteiger partial charge in [-0.05, 0) is 36.3 Å². The molecule has 2 nitrogen and oxygen atoms in total. The lowest BCUT2D eigenvalue weighted by atomic mass is 10.1. The van der Waals surface area contributed by atoms with E-state index in [-0.39, 0.29) is 0 Å². The summed E-state index contributed by atoms with van der Waals surface area (Å²) in [7, 11) is 0. The highest BCUT2D eigenvalue weighted by Gasteiger charge is 2.20. The summed E-state index contributed by atoms with van der Waals surface area (Å²) >= 11 is 0. The number of fused-ring (bicyclic) bond motifs is 1. The fourth-order valence-corrected chi connectivity index (χ4v) is 2.51. The minimum atomic E-state index is 0.754. The molecule has 1 saturated carbocycles. The Labute approximate surface area is 115 Å². The molecule has 2 heteroatoms. The Balaban J connectivity index is 1.90. The van der Waals surface area contributed by atoms with Crippen molar-refractivity contribution in [3.63, 3.8) is 0 Å². The standard InChI is InChI=1S/C17H22N2/c1-3-13(2)12-19-10-9-14-5-4-6-15(17(14)19)11-18-16-7-8-16/h4-6,9-10,16,18H,2-3,7-8,11-12H2,1H3. The van der Waals surface area contributed by atoms with E-state index in [0.29, 0.717) is 0 Å². The Hall–Kier alpha value is -1.54. The van der Waals surface area contributed by atoms with Crippen LogP contribution in [0.25, 0.3) is 10.9 Å². The van der Waals surface area contributed by atoms with Crippen LogP contribution in [0.4, 0.5) is 0 Å². The van der Waals surface area contributed by atoms with Gasteiger partial charge in [-0.2, -0.15) is 0 Å². The van der Waals surface area contributed by atoms with Crippen molar-refractivity contribution >= 4 is 10.9 Å². The monoisotopic (exact) mass is 254 g/mol. The molecule has 0 spiro atoms. The lowest BCUT2D eigenvalue weighted by Crippen LogP contribution is -2.16. The van der Waals surface area contributed by atoms with Crippen LogP contribution in [0.2, 0.25) is 0 Å². The van der Waals surface area contributed by atoms with Crippen molar-refractivity contribution in [2.75, 3.05) is 0 Å². The van der Waals surface area contributed by atoms with Gasteiger partial charge in [-0.3, -0.25) is 0 Å². The predicted molar refractivity (Wildman–Crippen MR) is 81.2 cm³/mol. The van der Waals surface area contributed by atoms with Crippen LogP contribution in [-0.2, 0) is 13.1 Å². The second-order valence-corrected chi connectivity index (χ2v) is 5.56. The third-order valence-corrected chi connectivity index (χ3v) is 3.92. The van der Waals surface area contributed by atoms with Crippen LogP contribution in [0.1, 0.15) is 31.7 Å². The van der Waals surface area contributed by atoms with Gasteiger partial charge in [0.2, 0.25) is 0 Å². The summed E-state index contributed by atoms with van der Waals surface area (Å²) in [6, 6.07) is 9.55. The lowest BCUT2D eigenvalue weighted by Gasteiger charge is -2.11. The molecular weight excluding hydrogens is 232 g/mol. The molecule has 1 aromatic heterocycles. The van der Waals surface area contributed by atoms with Gasteiger partial charge in [0, 0.05) is 25.3 Å². The van der Waals surface area contributed by atoms with Crippen LogP contribution in [-0.4, -0.2) is 10.6 Å². The van der Waals surface area contributed by atoms with Gasteiger partial charge >= 0.3 is 0 Å². The fourth-order valence-electron chi connectivity index (χ4n) is 2.51. The fraction of sp³-hybridized carbons (Fsp3) is 0.412. The number of allylic oxidation sites excluding steroid dienone is 1. The zero-order valence-electron chi connectivity index (χ0n) is 11.7. The second kappa shape index (κ2) is 5.22. The minimum absolute atomic E-state index is 0.754. The van der Waals surface area contributed by atoms with Crippen LogP contribution in [0.15, 0.2) is 42.6 Å². The van der Waals surface area contributed by atoms with E-state index in [2.05, 4.69) is 53.8 Å². The van der Waals surface area contributed by atoms with E-state index in [1.807, 2.05) is 0 Å². The molecular formula is C17H22N2. The molecule has 19 heavy (non-hydrogen) atoms. The number of benzene rings is 1. The lowest BCUT2D eigenvalue weighted by molar-refractivity contribution is 0.686. The van der Waals surface area contributed by atoms with E-state index < -0.39 is 0 Å². The number of nitrogens with one attached hydrogen (secondary N) is 1. The van der Waals surface area contributed by atoms with Crippen molar-refractivity contribution in [2.24, 2.45) is 0 Å². The minimum Gasteiger partial charge on any atom is -0.343 e. The molecule has 0 bridgehead atoms. The first-order valence-corrected chi connectivity index (χ1v) is 7.24. The summed E-state index contributed by atoms with van der Waals surface area (Å²) in [5.74, 6) is 0. The maximum atomic E-state index is 4.13. The van der Waals surface area contributed by atoms with Crippen molar-refractivity contribution in [3.8, 4) is 0 Å². The Morgan fingerprint density at radius 2 is 2.21 bits per heavy atom. The Morgan fingerprint density at radius 1 is 1.37 bits per heavy atom. The Bertz CT molecular complexity index is 590. The van der Waals surface area contributed by atoms with Crippen molar-refractivity contribution in [2.45, 2.75) is 45.3 Å².